The number of aryl methyl sites for hydroxylation is 1. The van der Waals surface area contributed by atoms with Crippen LogP contribution in [-0.4, -0.2) is 20.0 Å². The third-order valence-corrected chi connectivity index (χ3v) is 3.79. The molecule has 0 fully saturated rings. The van der Waals surface area contributed by atoms with Gasteiger partial charge in [-0.05, 0) is 17.7 Å². The summed E-state index contributed by atoms with van der Waals surface area (Å²) in [5.74, 6) is -0.341. The highest BCUT2D eigenvalue weighted by Gasteiger charge is 2.10. The summed E-state index contributed by atoms with van der Waals surface area (Å²) in [6.07, 6.45) is 4.50. The number of anilines is 1. The zero-order chi connectivity index (χ0) is 18.0. The molecule has 2 heterocycles. The van der Waals surface area contributed by atoms with Crippen LogP contribution in [0.2, 0.25) is 0 Å². The van der Waals surface area contributed by atoms with Crippen molar-refractivity contribution in [1.29, 1.82) is 0 Å². The maximum atomic E-state index is 12.2. The second-order valence-corrected chi connectivity index (χ2v) is 5.53. The van der Waals surface area contributed by atoms with Crippen molar-refractivity contribution in [2.45, 2.75) is 0 Å². The third-order valence-electron chi connectivity index (χ3n) is 3.79. The van der Waals surface area contributed by atoms with Gasteiger partial charge < -0.3 is 5.32 Å². The van der Waals surface area contributed by atoms with Gasteiger partial charge in [-0.15, -0.1) is 0 Å². The molecular weight excluding hydrogens is 320 g/mol. The summed E-state index contributed by atoms with van der Waals surface area (Å²) in [4.78, 5) is 40.3. The molecule has 0 radical (unpaired) electrons. The summed E-state index contributed by atoms with van der Waals surface area (Å²) in [5.41, 5.74) is 0.643. The van der Waals surface area contributed by atoms with E-state index < -0.39 is 11.2 Å². The molecule has 7 nitrogen and oxygen atoms in total. The molecule has 0 unspecified atom stereocenters. The fourth-order valence-electron chi connectivity index (χ4n) is 2.45. The Hall–Kier alpha value is -3.48. The highest BCUT2D eigenvalue weighted by molar-refractivity contribution is 6.02. The molecule has 0 bridgehead atoms. The molecule has 0 aliphatic carbocycles. The first-order valence-corrected chi connectivity index (χ1v) is 7.57. The van der Waals surface area contributed by atoms with Gasteiger partial charge in [-0.1, -0.05) is 30.3 Å². The van der Waals surface area contributed by atoms with Gasteiger partial charge in [0.2, 0.25) is 5.91 Å². The number of benzene rings is 1. The van der Waals surface area contributed by atoms with Gasteiger partial charge in [0.15, 0.2) is 0 Å². The van der Waals surface area contributed by atoms with Gasteiger partial charge in [-0.2, -0.15) is 0 Å². The van der Waals surface area contributed by atoms with Crippen LogP contribution in [-0.2, 0) is 18.9 Å². The van der Waals surface area contributed by atoms with Crippen LogP contribution < -0.4 is 16.6 Å². The lowest BCUT2D eigenvalue weighted by atomic mass is 10.2. The Morgan fingerprint density at radius 1 is 1.12 bits per heavy atom. The van der Waals surface area contributed by atoms with E-state index in [0.29, 0.717) is 5.69 Å². The minimum absolute atomic E-state index is 0.259. The van der Waals surface area contributed by atoms with Crippen LogP contribution in [0.15, 0.2) is 58.3 Å². The van der Waals surface area contributed by atoms with Crippen LogP contribution in [0.1, 0.15) is 5.56 Å². The monoisotopic (exact) mass is 336 g/mol. The van der Waals surface area contributed by atoms with Crippen LogP contribution in [0.3, 0.4) is 0 Å². The largest absolute Gasteiger partial charge is 0.332 e. The second-order valence-electron chi connectivity index (χ2n) is 5.53. The van der Waals surface area contributed by atoms with Crippen LogP contribution in [0, 0.1) is 0 Å². The maximum absolute atomic E-state index is 12.2. The number of pyridine rings is 1. The number of rotatable bonds is 3. The summed E-state index contributed by atoms with van der Waals surface area (Å²) in [7, 11) is 2.94. The Morgan fingerprint density at radius 2 is 1.84 bits per heavy atom. The first kappa shape index (κ1) is 16.4. The fraction of sp³-hybridized carbons (Fsp3) is 0.111. The Bertz CT molecular complexity index is 1090. The van der Waals surface area contributed by atoms with Crippen LogP contribution in [0.5, 0.6) is 0 Å². The molecule has 1 N–H and O–H groups in total. The molecular formula is C18H16N4O3. The lowest BCUT2D eigenvalue weighted by Gasteiger charge is -2.08. The Balaban J connectivity index is 1.90. The molecule has 7 heteroatoms. The molecule has 1 amide bonds. The predicted molar refractivity (Wildman–Crippen MR) is 96.3 cm³/mol. The number of fused-ring (bicyclic) bond motifs is 1. The van der Waals surface area contributed by atoms with Crippen molar-refractivity contribution in [1.82, 2.24) is 14.1 Å². The van der Waals surface area contributed by atoms with Crippen molar-refractivity contribution >= 4 is 28.7 Å². The standard InChI is InChI=1S/C18H16N4O3/c1-21-16-14(17(24)22(2)18(21)25)10-13(11-19-16)20-15(23)9-8-12-6-4-3-5-7-12/h3-11H,1-2H3,(H,20,23)/b9-8+. The topological polar surface area (TPSA) is 86.0 Å². The van der Waals surface area contributed by atoms with E-state index in [-0.39, 0.29) is 16.9 Å². The van der Waals surface area contributed by atoms with Crippen molar-refractivity contribution in [3.05, 3.63) is 75.1 Å². The molecule has 25 heavy (non-hydrogen) atoms. The molecule has 0 aliphatic heterocycles. The minimum atomic E-state index is -0.457. The zero-order valence-electron chi connectivity index (χ0n) is 13.8. The van der Waals surface area contributed by atoms with E-state index in [0.717, 1.165) is 10.1 Å². The lowest BCUT2D eigenvalue weighted by Crippen LogP contribution is -2.37. The molecule has 0 spiro atoms. The summed E-state index contributed by atoms with van der Waals surface area (Å²) < 4.78 is 2.29. The van der Waals surface area contributed by atoms with E-state index in [4.69, 9.17) is 0 Å². The van der Waals surface area contributed by atoms with Crippen LogP contribution in [0.4, 0.5) is 5.69 Å². The Kier molecular flexibility index (Phi) is 4.30. The number of nitrogens with zero attached hydrogens (tertiary/aromatic N) is 3. The molecule has 0 saturated carbocycles. The number of nitrogens with one attached hydrogen (secondary N) is 1. The van der Waals surface area contributed by atoms with Crippen molar-refractivity contribution in [2.75, 3.05) is 5.32 Å². The van der Waals surface area contributed by atoms with E-state index in [9.17, 15) is 14.4 Å². The SMILES string of the molecule is Cn1c(=O)c2cc(NC(=O)/C=C/c3ccccc3)cnc2n(C)c1=O. The zero-order valence-corrected chi connectivity index (χ0v) is 13.8. The van der Waals surface area contributed by atoms with Gasteiger partial charge in [-0.3, -0.25) is 18.7 Å². The Morgan fingerprint density at radius 3 is 2.56 bits per heavy atom. The number of hydrogen-bond acceptors (Lipinski definition) is 4. The molecule has 0 saturated heterocycles. The number of hydrogen-bond donors (Lipinski definition) is 1. The number of aromatic nitrogens is 3. The van der Waals surface area contributed by atoms with Gasteiger partial charge in [-0.25, -0.2) is 9.78 Å². The normalized spacial score (nSPS) is 11.1. The van der Waals surface area contributed by atoms with Crippen molar-refractivity contribution < 1.29 is 4.79 Å². The summed E-state index contributed by atoms with van der Waals surface area (Å²) in [6.45, 7) is 0. The van der Waals surface area contributed by atoms with Gasteiger partial charge >= 0.3 is 5.69 Å². The van der Waals surface area contributed by atoms with Gasteiger partial charge in [0, 0.05) is 20.2 Å². The van der Waals surface area contributed by atoms with E-state index in [2.05, 4.69) is 10.3 Å². The van der Waals surface area contributed by atoms with Gasteiger partial charge in [0.25, 0.3) is 5.56 Å². The fourth-order valence-corrected chi connectivity index (χ4v) is 2.45. The van der Waals surface area contributed by atoms with Crippen LogP contribution >= 0.6 is 0 Å². The molecule has 126 valence electrons. The van der Waals surface area contributed by atoms with E-state index >= 15 is 0 Å². The average Bonchev–Trinajstić information content (AvgIpc) is 2.64. The molecule has 1 aromatic carbocycles. The summed E-state index contributed by atoms with van der Waals surface area (Å²) in [5, 5.41) is 2.92. The molecule has 0 aliphatic rings. The van der Waals surface area contributed by atoms with Crippen LogP contribution in [0.25, 0.3) is 17.1 Å². The maximum Gasteiger partial charge on any atom is 0.332 e. The quantitative estimate of drug-likeness (QED) is 0.730. The third kappa shape index (κ3) is 3.25. The van der Waals surface area contributed by atoms with Gasteiger partial charge in [0.1, 0.15) is 5.65 Å². The van der Waals surface area contributed by atoms with E-state index in [1.54, 1.807) is 6.08 Å². The van der Waals surface area contributed by atoms with Crippen molar-refractivity contribution in [3.8, 4) is 0 Å². The van der Waals surface area contributed by atoms with E-state index in [1.165, 1.54) is 37.0 Å². The first-order chi connectivity index (χ1) is 12.0. The number of carbonyl (C=O) groups excluding carboxylic acids is 1. The molecule has 3 aromatic rings. The molecule has 3 rings (SSSR count). The van der Waals surface area contributed by atoms with Gasteiger partial charge in [0.05, 0.1) is 17.3 Å². The highest BCUT2D eigenvalue weighted by atomic mass is 16.2. The predicted octanol–water partition coefficient (Wildman–Crippen LogP) is 1.28. The van der Waals surface area contributed by atoms with Crippen molar-refractivity contribution in [3.63, 3.8) is 0 Å². The minimum Gasteiger partial charge on any atom is -0.321 e. The molecule has 2 aromatic heterocycles. The summed E-state index contributed by atoms with van der Waals surface area (Å²) >= 11 is 0. The number of amides is 1. The number of carbonyl (C=O) groups is 1. The smallest absolute Gasteiger partial charge is 0.321 e. The van der Waals surface area contributed by atoms with E-state index in [1.807, 2.05) is 30.3 Å². The Labute approximate surface area is 142 Å². The highest BCUT2D eigenvalue weighted by Crippen LogP contribution is 2.12. The first-order valence-electron chi connectivity index (χ1n) is 7.57. The van der Waals surface area contributed by atoms with Crippen molar-refractivity contribution in [2.24, 2.45) is 14.1 Å². The summed E-state index contributed by atoms with van der Waals surface area (Å²) in [6, 6.07) is 10.9. The second kappa shape index (κ2) is 6.56. The molecule has 0 atom stereocenters. The lowest BCUT2D eigenvalue weighted by molar-refractivity contribution is -0.111. The average molecular weight is 336 g/mol.